The molecule has 3 fully saturated rings. The van der Waals surface area contributed by atoms with Crippen LogP contribution in [-0.2, 0) is 9.59 Å². The molecule has 0 unspecified atom stereocenters. The van der Waals surface area contributed by atoms with Gasteiger partial charge in [0.05, 0.1) is 5.92 Å². The Morgan fingerprint density at radius 1 is 0.840 bits per heavy atom. The fourth-order valence-electron chi connectivity index (χ4n) is 4.44. The van der Waals surface area contributed by atoms with Crippen LogP contribution in [0.1, 0.15) is 45.4 Å². The molecule has 0 aromatic carbocycles. The molecular weight excluding hydrogens is 322 g/mol. The number of amides is 3. The summed E-state index contributed by atoms with van der Waals surface area (Å²) in [5.74, 6) is -1.28. The largest absolute Gasteiger partial charge is 0.481 e. The normalized spacial score (nSPS) is 28.3. The zero-order valence-electron chi connectivity index (χ0n) is 15.0. The summed E-state index contributed by atoms with van der Waals surface area (Å²) in [6.07, 6.45) is 4.91. The number of urea groups is 1. The van der Waals surface area contributed by atoms with Crippen molar-refractivity contribution in [3.63, 3.8) is 0 Å². The lowest BCUT2D eigenvalue weighted by atomic mass is 9.87. The third-order valence-electron chi connectivity index (χ3n) is 6.08. The lowest BCUT2D eigenvalue weighted by Gasteiger charge is -2.41. The second-order valence-corrected chi connectivity index (χ2v) is 7.60. The van der Waals surface area contributed by atoms with Crippen molar-refractivity contribution in [2.75, 3.05) is 32.7 Å². The first-order chi connectivity index (χ1) is 12.0. The monoisotopic (exact) mass is 351 g/mol. The van der Waals surface area contributed by atoms with Gasteiger partial charge in [-0.05, 0) is 45.4 Å². The molecule has 3 heterocycles. The van der Waals surface area contributed by atoms with Gasteiger partial charge < -0.3 is 19.8 Å². The van der Waals surface area contributed by atoms with E-state index in [9.17, 15) is 19.5 Å². The summed E-state index contributed by atoms with van der Waals surface area (Å²) in [7, 11) is 0. The van der Waals surface area contributed by atoms with Crippen molar-refractivity contribution < 1.29 is 19.5 Å². The van der Waals surface area contributed by atoms with Gasteiger partial charge in [0.25, 0.3) is 0 Å². The predicted molar refractivity (Wildman–Crippen MR) is 92.0 cm³/mol. The SMILES string of the molecule is C[C@@H]1[C@H](C(=O)O)CCCN1C(=O)C1CCN(C(=O)N2CCCC2)CC1. The minimum Gasteiger partial charge on any atom is -0.481 e. The van der Waals surface area contributed by atoms with Gasteiger partial charge in [-0.2, -0.15) is 0 Å². The van der Waals surface area contributed by atoms with Crippen LogP contribution in [0.5, 0.6) is 0 Å². The van der Waals surface area contributed by atoms with Gasteiger partial charge in [-0.15, -0.1) is 0 Å². The first kappa shape index (κ1) is 18.0. The van der Waals surface area contributed by atoms with Crippen molar-refractivity contribution in [3.8, 4) is 0 Å². The zero-order chi connectivity index (χ0) is 18.0. The third-order valence-corrected chi connectivity index (χ3v) is 6.08. The van der Waals surface area contributed by atoms with E-state index in [-0.39, 0.29) is 23.9 Å². The number of carbonyl (C=O) groups is 3. The van der Waals surface area contributed by atoms with Crippen LogP contribution in [0.25, 0.3) is 0 Å². The lowest BCUT2D eigenvalue weighted by molar-refractivity contribution is -0.151. The van der Waals surface area contributed by atoms with Crippen molar-refractivity contribution in [2.45, 2.75) is 51.5 Å². The Bertz CT molecular complexity index is 524. The van der Waals surface area contributed by atoms with Gasteiger partial charge in [0.1, 0.15) is 0 Å². The second kappa shape index (κ2) is 7.62. The van der Waals surface area contributed by atoms with Gasteiger partial charge in [0.2, 0.25) is 5.91 Å². The Kier molecular flexibility index (Phi) is 5.49. The van der Waals surface area contributed by atoms with Crippen molar-refractivity contribution in [2.24, 2.45) is 11.8 Å². The first-order valence-electron chi connectivity index (χ1n) is 9.56. The molecule has 3 aliphatic heterocycles. The van der Waals surface area contributed by atoms with Crippen molar-refractivity contribution >= 4 is 17.9 Å². The maximum atomic E-state index is 12.9. The highest BCUT2D eigenvalue weighted by molar-refractivity contribution is 5.81. The predicted octanol–water partition coefficient (Wildman–Crippen LogP) is 1.63. The quantitative estimate of drug-likeness (QED) is 0.820. The number of nitrogens with zero attached hydrogens (tertiary/aromatic N) is 3. The highest BCUT2D eigenvalue weighted by atomic mass is 16.4. The number of carboxylic acid groups (broad SMARTS) is 1. The van der Waals surface area contributed by atoms with E-state index in [2.05, 4.69) is 0 Å². The average molecular weight is 351 g/mol. The summed E-state index contributed by atoms with van der Waals surface area (Å²) in [4.78, 5) is 42.2. The number of carboxylic acids is 1. The van der Waals surface area contributed by atoms with Gasteiger partial charge in [0, 0.05) is 44.7 Å². The number of piperidine rings is 2. The number of likely N-dealkylation sites (tertiary alicyclic amines) is 3. The highest BCUT2D eigenvalue weighted by Crippen LogP contribution is 2.28. The van der Waals surface area contributed by atoms with Gasteiger partial charge >= 0.3 is 12.0 Å². The molecule has 0 bridgehead atoms. The molecule has 3 rings (SSSR count). The van der Waals surface area contributed by atoms with Crippen LogP contribution in [0.4, 0.5) is 4.79 Å². The van der Waals surface area contributed by atoms with Gasteiger partial charge in [-0.1, -0.05) is 0 Å². The second-order valence-electron chi connectivity index (χ2n) is 7.60. The molecule has 0 aromatic heterocycles. The van der Waals surface area contributed by atoms with Crippen LogP contribution in [0.2, 0.25) is 0 Å². The minimum atomic E-state index is -0.809. The van der Waals surface area contributed by atoms with E-state index in [1.807, 2.05) is 16.7 Å². The highest BCUT2D eigenvalue weighted by Gasteiger charge is 2.39. The molecule has 7 heteroatoms. The fourth-order valence-corrected chi connectivity index (χ4v) is 4.44. The number of hydrogen-bond acceptors (Lipinski definition) is 3. The molecule has 1 N–H and O–H groups in total. The minimum absolute atomic E-state index is 0.0757. The smallest absolute Gasteiger partial charge is 0.319 e. The Balaban J connectivity index is 1.54. The average Bonchev–Trinajstić information content (AvgIpc) is 3.15. The van der Waals surface area contributed by atoms with Crippen LogP contribution in [0, 0.1) is 11.8 Å². The van der Waals surface area contributed by atoms with Gasteiger partial charge in [-0.25, -0.2) is 4.79 Å². The van der Waals surface area contributed by atoms with E-state index in [0.717, 1.165) is 32.4 Å². The zero-order valence-corrected chi connectivity index (χ0v) is 15.0. The molecule has 0 aromatic rings. The van der Waals surface area contributed by atoms with E-state index in [1.165, 1.54) is 0 Å². The number of rotatable bonds is 2. The molecule has 7 nitrogen and oxygen atoms in total. The third kappa shape index (κ3) is 3.75. The van der Waals surface area contributed by atoms with E-state index < -0.39 is 11.9 Å². The van der Waals surface area contributed by atoms with E-state index in [1.54, 1.807) is 4.90 Å². The van der Waals surface area contributed by atoms with Crippen molar-refractivity contribution in [3.05, 3.63) is 0 Å². The molecule has 2 atom stereocenters. The van der Waals surface area contributed by atoms with Crippen LogP contribution in [0.3, 0.4) is 0 Å². The number of hydrogen-bond donors (Lipinski definition) is 1. The topological polar surface area (TPSA) is 81.2 Å². The van der Waals surface area contributed by atoms with Crippen molar-refractivity contribution in [1.82, 2.24) is 14.7 Å². The van der Waals surface area contributed by atoms with Crippen molar-refractivity contribution in [1.29, 1.82) is 0 Å². The van der Waals surface area contributed by atoms with E-state index in [4.69, 9.17) is 0 Å². The molecule has 0 saturated carbocycles. The maximum Gasteiger partial charge on any atom is 0.319 e. The van der Waals surface area contributed by atoms with Crippen LogP contribution in [-0.4, -0.2) is 76.5 Å². The van der Waals surface area contributed by atoms with Crippen LogP contribution < -0.4 is 0 Å². The van der Waals surface area contributed by atoms with Crippen LogP contribution >= 0.6 is 0 Å². The molecular formula is C18H29N3O4. The van der Waals surface area contributed by atoms with E-state index >= 15 is 0 Å². The Morgan fingerprint density at radius 3 is 2.04 bits per heavy atom. The number of aliphatic carboxylic acids is 1. The summed E-state index contributed by atoms with van der Waals surface area (Å²) in [6.45, 7) is 5.43. The lowest BCUT2D eigenvalue weighted by Crippen LogP contribution is -2.53. The summed E-state index contributed by atoms with van der Waals surface area (Å²) >= 11 is 0. The summed E-state index contributed by atoms with van der Waals surface area (Å²) in [5.41, 5.74) is 0. The van der Waals surface area contributed by atoms with Gasteiger partial charge in [0.15, 0.2) is 0 Å². The molecule has 0 aliphatic carbocycles. The molecule has 25 heavy (non-hydrogen) atoms. The summed E-state index contributed by atoms with van der Waals surface area (Å²) in [5, 5.41) is 9.33. The number of carbonyl (C=O) groups excluding carboxylic acids is 2. The Morgan fingerprint density at radius 2 is 1.44 bits per heavy atom. The Hall–Kier alpha value is -1.79. The molecule has 140 valence electrons. The molecule has 3 amide bonds. The van der Waals surface area contributed by atoms with Crippen LogP contribution in [0.15, 0.2) is 0 Å². The molecule has 0 radical (unpaired) electrons. The molecule has 3 saturated heterocycles. The van der Waals surface area contributed by atoms with Gasteiger partial charge in [-0.3, -0.25) is 9.59 Å². The summed E-state index contributed by atoms with van der Waals surface area (Å²) in [6, 6.07) is -0.135. The van der Waals surface area contributed by atoms with E-state index in [0.29, 0.717) is 38.9 Å². The molecule has 3 aliphatic rings. The fraction of sp³-hybridized carbons (Fsp3) is 0.833. The Labute approximate surface area is 148 Å². The maximum absolute atomic E-state index is 12.9. The first-order valence-corrected chi connectivity index (χ1v) is 9.56. The summed E-state index contributed by atoms with van der Waals surface area (Å²) < 4.78 is 0. The standard InChI is InChI=1S/C18H29N3O4/c1-13-15(17(23)24)5-4-10-21(13)16(22)14-6-11-20(12-7-14)18(25)19-8-2-3-9-19/h13-15H,2-12H2,1H3,(H,23,24)/t13-,15-/m1/s1. The molecule has 0 spiro atoms.